The largest absolute Gasteiger partial charge is 0.508 e. The van der Waals surface area contributed by atoms with Crippen LogP contribution in [0.4, 0.5) is 4.39 Å². The molecule has 4 rings (SSSR count). The van der Waals surface area contributed by atoms with Gasteiger partial charge in [-0.05, 0) is 53.9 Å². The molecular weight excluding hydrogens is 325 g/mol. The van der Waals surface area contributed by atoms with Crippen molar-refractivity contribution in [2.75, 3.05) is 19.6 Å². The topological polar surface area (TPSA) is 23.5 Å². The summed E-state index contributed by atoms with van der Waals surface area (Å²) in [4.78, 5) is 2.51. The third-order valence-corrected chi connectivity index (χ3v) is 6.27. The summed E-state index contributed by atoms with van der Waals surface area (Å²) in [5.41, 5.74) is 1.35. The molecule has 1 aliphatic heterocycles. The predicted molar refractivity (Wildman–Crippen MR) is 103 cm³/mol. The normalized spacial score (nSPS) is 29.6. The number of nitrogens with zero attached hydrogens (tertiary/aromatic N) is 1. The molecule has 1 aliphatic carbocycles. The number of phenols is 1. The highest BCUT2D eigenvalue weighted by atomic mass is 19.1. The van der Waals surface area contributed by atoms with Gasteiger partial charge < -0.3 is 10.0 Å². The van der Waals surface area contributed by atoms with Gasteiger partial charge in [-0.1, -0.05) is 49.4 Å². The van der Waals surface area contributed by atoms with Crippen LogP contribution in [0.3, 0.4) is 0 Å². The third-order valence-electron chi connectivity index (χ3n) is 6.27. The Balaban J connectivity index is 1.32. The lowest BCUT2D eigenvalue weighted by Gasteiger charge is -2.25. The predicted octanol–water partition coefficient (Wildman–Crippen LogP) is 4.79. The van der Waals surface area contributed by atoms with Crippen molar-refractivity contribution in [3.63, 3.8) is 0 Å². The van der Waals surface area contributed by atoms with Crippen molar-refractivity contribution >= 4 is 0 Å². The maximum Gasteiger partial charge on any atom is 0.115 e. The molecule has 1 saturated heterocycles. The number of aromatic hydroxyl groups is 1. The fourth-order valence-electron chi connectivity index (χ4n) is 5.07. The van der Waals surface area contributed by atoms with Crippen LogP contribution in [0.1, 0.15) is 36.8 Å². The van der Waals surface area contributed by atoms with Gasteiger partial charge in [-0.25, -0.2) is 4.39 Å². The zero-order chi connectivity index (χ0) is 18.1. The molecule has 26 heavy (non-hydrogen) atoms. The minimum atomic E-state index is -1.02. The number of hydrogen-bond acceptors (Lipinski definition) is 2. The van der Waals surface area contributed by atoms with Crippen molar-refractivity contribution in [3.05, 3.63) is 65.7 Å². The van der Waals surface area contributed by atoms with E-state index in [0.717, 1.165) is 25.2 Å². The van der Waals surface area contributed by atoms with Gasteiger partial charge in [0.15, 0.2) is 0 Å². The Kier molecular flexibility index (Phi) is 4.74. The van der Waals surface area contributed by atoms with Gasteiger partial charge in [0, 0.05) is 26.1 Å². The van der Waals surface area contributed by atoms with E-state index in [0.29, 0.717) is 42.8 Å². The van der Waals surface area contributed by atoms with Gasteiger partial charge in [-0.15, -0.1) is 0 Å². The van der Waals surface area contributed by atoms with Crippen LogP contribution in [0.2, 0.25) is 0 Å². The van der Waals surface area contributed by atoms with Crippen LogP contribution >= 0.6 is 0 Å². The number of likely N-dealkylation sites (tertiary alicyclic amines) is 1. The average Bonchev–Trinajstić information content (AvgIpc) is 3.10. The maximum absolute atomic E-state index is 15.4. The molecule has 0 amide bonds. The Morgan fingerprint density at radius 2 is 1.65 bits per heavy atom. The van der Waals surface area contributed by atoms with E-state index < -0.39 is 5.67 Å². The average molecular weight is 353 g/mol. The van der Waals surface area contributed by atoms with Crippen molar-refractivity contribution in [2.24, 2.45) is 11.8 Å². The second-order valence-electron chi connectivity index (χ2n) is 8.45. The second-order valence-corrected chi connectivity index (χ2v) is 8.45. The SMILES string of the molecule is CC(CN1C[C@@H]2C[C@@](F)(Cc3ccccc3)C[C@@H]2C1)c1ccc(O)cc1. The molecule has 138 valence electrons. The Labute approximate surface area is 155 Å². The quantitative estimate of drug-likeness (QED) is 0.835. The van der Waals surface area contributed by atoms with Crippen LogP contribution in [0, 0.1) is 11.8 Å². The molecule has 2 nitrogen and oxygen atoms in total. The fraction of sp³-hybridized carbons (Fsp3) is 0.478. The van der Waals surface area contributed by atoms with Crippen LogP contribution in [0.25, 0.3) is 0 Å². The van der Waals surface area contributed by atoms with Gasteiger partial charge in [0.1, 0.15) is 11.4 Å². The first-order valence-corrected chi connectivity index (χ1v) is 9.75. The maximum atomic E-state index is 15.4. The molecular formula is C23H28FNO. The summed E-state index contributed by atoms with van der Waals surface area (Å²) in [6.45, 7) is 5.28. The molecule has 2 aliphatic rings. The summed E-state index contributed by atoms with van der Waals surface area (Å²) in [7, 11) is 0. The van der Waals surface area contributed by atoms with E-state index in [4.69, 9.17) is 0 Å². The van der Waals surface area contributed by atoms with Crippen molar-refractivity contribution in [1.29, 1.82) is 0 Å². The summed E-state index contributed by atoms with van der Waals surface area (Å²) < 4.78 is 15.4. The number of benzene rings is 2. The molecule has 1 unspecified atom stereocenters. The zero-order valence-corrected chi connectivity index (χ0v) is 15.4. The van der Waals surface area contributed by atoms with Crippen molar-refractivity contribution in [3.8, 4) is 5.75 Å². The summed E-state index contributed by atoms with van der Waals surface area (Å²) in [5, 5.41) is 9.44. The van der Waals surface area contributed by atoms with Gasteiger partial charge in [-0.2, -0.15) is 0 Å². The molecule has 0 bridgehead atoms. The number of alkyl halides is 1. The Bertz CT molecular complexity index is 716. The van der Waals surface area contributed by atoms with Crippen LogP contribution in [0.5, 0.6) is 5.75 Å². The summed E-state index contributed by atoms with van der Waals surface area (Å²) in [6.07, 6.45) is 1.97. The van der Waals surface area contributed by atoms with Gasteiger partial charge >= 0.3 is 0 Å². The van der Waals surface area contributed by atoms with E-state index >= 15 is 4.39 Å². The first kappa shape index (κ1) is 17.5. The standard InChI is InChI=1S/C23H28FNO/c1-17(19-7-9-22(26)10-8-19)14-25-15-20-12-23(24,13-21(20)16-25)11-18-5-3-2-4-6-18/h2-10,17,20-21,26H,11-16H2,1H3/t17?,20-,21+,23-. The first-order chi connectivity index (χ1) is 12.5. The molecule has 0 radical (unpaired) electrons. The van der Waals surface area contributed by atoms with Crippen LogP contribution < -0.4 is 0 Å². The van der Waals surface area contributed by atoms with Gasteiger partial charge in [0.05, 0.1) is 0 Å². The fourth-order valence-corrected chi connectivity index (χ4v) is 5.07. The molecule has 0 aromatic heterocycles. The molecule has 1 saturated carbocycles. The van der Waals surface area contributed by atoms with Crippen molar-refractivity contribution < 1.29 is 9.50 Å². The molecule has 2 fully saturated rings. The molecule has 3 heteroatoms. The van der Waals surface area contributed by atoms with Crippen molar-refractivity contribution in [2.45, 2.75) is 37.8 Å². The highest BCUT2D eigenvalue weighted by molar-refractivity contribution is 5.28. The number of fused-ring (bicyclic) bond motifs is 1. The number of hydrogen-bond donors (Lipinski definition) is 1. The lowest BCUT2D eigenvalue weighted by Crippen LogP contribution is -2.30. The number of halogens is 1. The molecule has 0 spiro atoms. The van der Waals surface area contributed by atoms with Gasteiger partial charge in [-0.3, -0.25) is 0 Å². The Hall–Kier alpha value is -1.87. The van der Waals surface area contributed by atoms with E-state index in [1.807, 2.05) is 42.5 Å². The number of phenolic OH excluding ortho intramolecular Hbond substituents is 1. The lowest BCUT2D eigenvalue weighted by atomic mass is 9.93. The van der Waals surface area contributed by atoms with E-state index in [9.17, 15) is 5.11 Å². The van der Waals surface area contributed by atoms with Gasteiger partial charge in [0.2, 0.25) is 0 Å². The van der Waals surface area contributed by atoms with Crippen molar-refractivity contribution in [1.82, 2.24) is 4.90 Å². The Morgan fingerprint density at radius 3 is 2.27 bits per heavy atom. The molecule has 2 aromatic carbocycles. The lowest BCUT2D eigenvalue weighted by molar-refractivity contribution is 0.146. The van der Waals surface area contributed by atoms with Gasteiger partial charge in [0.25, 0.3) is 0 Å². The smallest absolute Gasteiger partial charge is 0.115 e. The summed E-state index contributed by atoms with van der Waals surface area (Å²) >= 11 is 0. The van der Waals surface area contributed by atoms with Crippen LogP contribution in [-0.4, -0.2) is 35.3 Å². The third kappa shape index (κ3) is 3.78. The minimum absolute atomic E-state index is 0.314. The van der Waals surface area contributed by atoms with E-state index in [2.05, 4.69) is 11.8 Å². The second kappa shape index (κ2) is 7.03. The van der Waals surface area contributed by atoms with E-state index in [1.165, 1.54) is 5.56 Å². The van der Waals surface area contributed by atoms with E-state index in [1.54, 1.807) is 12.1 Å². The monoisotopic (exact) mass is 353 g/mol. The number of rotatable bonds is 5. The molecule has 2 aromatic rings. The minimum Gasteiger partial charge on any atom is -0.508 e. The zero-order valence-electron chi connectivity index (χ0n) is 15.4. The first-order valence-electron chi connectivity index (χ1n) is 9.75. The highest BCUT2D eigenvalue weighted by Gasteiger charge is 2.49. The highest BCUT2D eigenvalue weighted by Crippen LogP contribution is 2.47. The molecule has 4 atom stereocenters. The molecule has 1 N–H and O–H groups in total. The summed E-state index contributed by atoms with van der Waals surface area (Å²) in [6, 6.07) is 17.6. The van der Waals surface area contributed by atoms with E-state index in [-0.39, 0.29) is 0 Å². The Morgan fingerprint density at radius 1 is 1.04 bits per heavy atom. The molecule has 1 heterocycles. The summed E-state index contributed by atoms with van der Waals surface area (Å²) in [5.74, 6) is 1.73. The van der Waals surface area contributed by atoms with Crippen LogP contribution in [-0.2, 0) is 6.42 Å². The van der Waals surface area contributed by atoms with Crippen LogP contribution in [0.15, 0.2) is 54.6 Å².